The summed E-state index contributed by atoms with van der Waals surface area (Å²) in [5.74, 6) is 0.344. The van der Waals surface area contributed by atoms with Crippen LogP contribution in [0.3, 0.4) is 0 Å². The third-order valence-corrected chi connectivity index (χ3v) is 5.56. The SMILES string of the molecule is C[C@@H](OC(=O)c1cc(-c2ccccc2)nc2ccccc12)C(=O)NCc1ccc2c(c1)OCO2. The van der Waals surface area contributed by atoms with Crippen LogP contribution in [-0.4, -0.2) is 29.8 Å². The number of benzene rings is 3. The summed E-state index contributed by atoms with van der Waals surface area (Å²) in [6.45, 7) is 2.01. The predicted molar refractivity (Wildman–Crippen MR) is 126 cm³/mol. The zero-order valence-corrected chi connectivity index (χ0v) is 18.5. The number of ether oxygens (including phenoxy) is 3. The van der Waals surface area contributed by atoms with E-state index in [-0.39, 0.29) is 13.3 Å². The van der Waals surface area contributed by atoms with E-state index in [1.807, 2.05) is 66.7 Å². The Morgan fingerprint density at radius 3 is 2.59 bits per heavy atom. The minimum absolute atomic E-state index is 0.188. The minimum Gasteiger partial charge on any atom is -0.454 e. The number of carbonyl (C=O) groups excluding carboxylic acids is 2. The van der Waals surface area contributed by atoms with Gasteiger partial charge < -0.3 is 19.5 Å². The molecule has 0 saturated carbocycles. The van der Waals surface area contributed by atoms with Gasteiger partial charge in [0.05, 0.1) is 16.8 Å². The fourth-order valence-electron chi connectivity index (χ4n) is 3.76. The molecular weight excluding hydrogens is 432 g/mol. The van der Waals surface area contributed by atoms with Crippen molar-refractivity contribution in [1.29, 1.82) is 0 Å². The number of para-hydroxylation sites is 1. The lowest BCUT2D eigenvalue weighted by molar-refractivity contribution is -0.129. The van der Waals surface area contributed by atoms with Crippen LogP contribution in [-0.2, 0) is 16.1 Å². The van der Waals surface area contributed by atoms with Crippen molar-refractivity contribution in [3.8, 4) is 22.8 Å². The molecule has 7 heteroatoms. The summed E-state index contributed by atoms with van der Waals surface area (Å²) in [4.78, 5) is 30.4. The van der Waals surface area contributed by atoms with Gasteiger partial charge in [0.15, 0.2) is 17.6 Å². The van der Waals surface area contributed by atoms with Gasteiger partial charge >= 0.3 is 5.97 Å². The number of hydrogen-bond donors (Lipinski definition) is 1. The van der Waals surface area contributed by atoms with E-state index in [9.17, 15) is 9.59 Å². The summed E-state index contributed by atoms with van der Waals surface area (Å²) in [5.41, 5.74) is 3.43. The van der Waals surface area contributed by atoms with E-state index < -0.39 is 18.0 Å². The topological polar surface area (TPSA) is 86.8 Å². The lowest BCUT2D eigenvalue weighted by Crippen LogP contribution is -2.35. The Morgan fingerprint density at radius 1 is 0.971 bits per heavy atom. The number of pyridine rings is 1. The number of hydrogen-bond acceptors (Lipinski definition) is 6. The maximum Gasteiger partial charge on any atom is 0.339 e. The Balaban J connectivity index is 1.31. The molecule has 34 heavy (non-hydrogen) atoms. The van der Waals surface area contributed by atoms with Gasteiger partial charge in [0.2, 0.25) is 6.79 Å². The molecule has 0 unspecified atom stereocenters. The monoisotopic (exact) mass is 454 g/mol. The van der Waals surface area contributed by atoms with Crippen LogP contribution in [0.15, 0.2) is 78.9 Å². The van der Waals surface area contributed by atoms with Crippen molar-refractivity contribution in [2.75, 3.05) is 6.79 Å². The highest BCUT2D eigenvalue weighted by Crippen LogP contribution is 2.32. The standard InChI is InChI=1S/C27H22N2O5/c1-17(26(30)28-15-18-11-12-24-25(13-18)33-16-32-24)34-27(31)21-14-23(19-7-3-2-4-8-19)29-22-10-6-5-9-20(21)22/h2-14,17H,15-16H2,1H3,(H,28,30)/t17-/m1/s1. The third-order valence-electron chi connectivity index (χ3n) is 5.56. The Morgan fingerprint density at radius 2 is 1.74 bits per heavy atom. The van der Waals surface area contributed by atoms with Crippen LogP contribution < -0.4 is 14.8 Å². The predicted octanol–water partition coefficient (Wildman–Crippen LogP) is 4.49. The first-order valence-electron chi connectivity index (χ1n) is 10.9. The molecule has 170 valence electrons. The molecule has 0 aliphatic carbocycles. The summed E-state index contributed by atoms with van der Waals surface area (Å²) in [5, 5.41) is 3.46. The van der Waals surface area contributed by atoms with E-state index in [4.69, 9.17) is 14.2 Å². The molecule has 1 atom stereocenters. The fourth-order valence-corrected chi connectivity index (χ4v) is 3.76. The lowest BCUT2D eigenvalue weighted by atomic mass is 10.0. The average molecular weight is 454 g/mol. The second-order valence-electron chi connectivity index (χ2n) is 7.89. The molecule has 0 fully saturated rings. The van der Waals surface area contributed by atoms with E-state index in [0.717, 1.165) is 11.1 Å². The number of nitrogens with zero attached hydrogens (tertiary/aromatic N) is 1. The van der Waals surface area contributed by atoms with Gasteiger partial charge in [-0.2, -0.15) is 0 Å². The number of aromatic nitrogens is 1. The van der Waals surface area contributed by atoms with E-state index >= 15 is 0 Å². The van der Waals surface area contributed by atoms with Crippen molar-refractivity contribution in [1.82, 2.24) is 10.3 Å². The van der Waals surface area contributed by atoms with Crippen molar-refractivity contribution < 1.29 is 23.8 Å². The minimum atomic E-state index is -0.978. The van der Waals surface area contributed by atoms with Gasteiger partial charge in [0, 0.05) is 17.5 Å². The molecule has 0 spiro atoms. The van der Waals surface area contributed by atoms with Crippen LogP contribution in [0.1, 0.15) is 22.8 Å². The second-order valence-corrected chi connectivity index (χ2v) is 7.89. The zero-order valence-electron chi connectivity index (χ0n) is 18.5. The number of carbonyl (C=O) groups is 2. The molecule has 5 rings (SSSR count). The maximum absolute atomic E-state index is 13.1. The molecule has 2 heterocycles. The maximum atomic E-state index is 13.1. The molecule has 1 N–H and O–H groups in total. The normalized spacial score (nSPS) is 12.9. The van der Waals surface area contributed by atoms with Crippen molar-refractivity contribution in [3.63, 3.8) is 0 Å². The quantitative estimate of drug-likeness (QED) is 0.432. The van der Waals surface area contributed by atoms with Crippen molar-refractivity contribution in [2.45, 2.75) is 19.6 Å². The van der Waals surface area contributed by atoms with Gasteiger partial charge in [-0.3, -0.25) is 4.79 Å². The van der Waals surface area contributed by atoms with Crippen LogP contribution in [0.25, 0.3) is 22.2 Å². The number of rotatable bonds is 6. The van der Waals surface area contributed by atoms with E-state index in [1.54, 1.807) is 19.1 Å². The van der Waals surface area contributed by atoms with Crippen molar-refractivity contribution in [3.05, 3.63) is 90.0 Å². The molecule has 4 aromatic rings. The van der Waals surface area contributed by atoms with Gasteiger partial charge in [-0.1, -0.05) is 54.6 Å². The third kappa shape index (κ3) is 4.41. The van der Waals surface area contributed by atoms with Gasteiger partial charge in [0.1, 0.15) is 0 Å². The van der Waals surface area contributed by atoms with Crippen LogP contribution in [0.2, 0.25) is 0 Å². The summed E-state index contributed by atoms with van der Waals surface area (Å²) in [6.07, 6.45) is -0.978. The van der Waals surface area contributed by atoms with Gasteiger partial charge in [-0.05, 0) is 36.8 Å². The first-order valence-corrected chi connectivity index (χ1v) is 10.9. The number of esters is 1. The van der Waals surface area contributed by atoms with E-state index in [0.29, 0.717) is 33.7 Å². The average Bonchev–Trinajstić information content (AvgIpc) is 3.35. The Kier molecular flexibility index (Phi) is 5.82. The highest BCUT2D eigenvalue weighted by Gasteiger charge is 2.22. The first-order chi connectivity index (χ1) is 16.6. The van der Waals surface area contributed by atoms with Crippen LogP contribution in [0.5, 0.6) is 11.5 Å². The second kappa shape index (κ2) is 9.23. The summed E-state index contributed by atoms with van der Waals surface area (Å²) >= 11 is 0. The molecule has 0 radical (unpaired) electrons. The number of amides is 1. The summed E-state index contributed by atoms with van der Waals surface area (Å²) in [7, 11) is 0. The molecule has 1 aliphatic rings. The number of nitrogens with one attached hydrogen (secondary N) is 1. The Bertz CT molecular complexity index is 1370. The first kappa shape index (κ1) is 21.5. The molecule has 0 bridgehead atoms. The van der Waals surface area contributed by atoms with E-state index in [1.165, 1.54) is 0 Å². The molecule has 1 amide bonds. The molecule has 7 nitrogen and oxygen atoms in total. The molecule has 0 saturated heterocycles. The smallest absolute Gasteiger partial charge is 0.339 e. The molecule has 1 aromatic heterocycles. The van der Waals surface area contributed by atoms with Crippen LogP contribution in [0, 0.1) is 0 Å². The summed E-state index contributed by atoms with van der Waals surface area (Å²) < 4.78 is 16.2. The highest BCUT2D eigenvalue weighted by atomic mass is 16.7. The van der Waals surface area contributed by atoms with Crippen LogP contribution in [0.4, 0.5) is 0 Å². The van der Waals surface area contributed by atoms with Crippen molar-refractivity contribution in [2.24, 2.45) is 0 Å². The lowest BCUT2D eigenvalue weighted by Gasteiger charge is -2.15. The van der Waals surface area contributed by atoms with E-state index in [2.05, 4.69) is 10.3 Å². The highest BCUT2D eigenvalue weighted by molar-refractivity contribution is 6.05. The zero-order chi connectivity index (χ0) is 23.5. The fraction of sp³-hybridized carbons (Fsp3) is 0.148. The largest absolute Gasteiger partial charge is 0.454 e. The van der Waals surface area contributed by atoms with Crippen LogP contribution >= 0.6 is 0 Å². The number of fused-ring (bicyclic) bond motifs is 2. The molecule has 3 aromatic carbocycles. The van der Waals surface area contributed by atoms with Gasteiger partial charge in [-0.15, -0.1) is 0 Å². The summed E-state index contributed by atoms with van der Waals surface area (Å²) in [6, 6.07) is 24.1. The van der Waals surface area contributed by atoms with Crippen molar-refractivity contribution >= 4 is 22.8 Å². The molecule has 1 aliphatic heterocycles. The van der Waals surface area contributed by atoms with Gasteiger partial charge in [-0.25, -0.2) is 9.78 Å². The Labute approximate surface area is 196 Å². The molecular formula is C27H22N2O5. The van der Waals surface area contributed by atoms with Gasteiger partial charge in [0.25, 0.3) is 5.91 Å². The Hall–Kier alpha value is -4.39.